The molecule has 110 valence electrons. The summed E-state index contributed by atoms with van der Waals surface area (Å²) in [5.41, 5.74) is 4.17. The number of aromatic hydroxyl groups is 1. The lowest BCUT2D eigenvalue weighted by molar-refractivity contribution is 0.174. The summed E-state index contributed by atoms with van der Waals surface area (Å²) < 4.78 is 11.6. The molecule has 3 rings (SSSR count). The summed E-state index contributed by atoms with van der Waals surface area (Å²) in [4.78, 5) is 0. The van der Waals surface area contributed by atoms with Gasteiger partial charge in [0.1, 0.15) is 5.75 Å². The van der Waals surface area contributed by atoms with Gasteiger partial charge in [-0.3, -0.25) is 0 Å². The zero-order valence-electron chi connectivity index (χ0n) is 11.9. The van der Waals surface area contributed by atoms with Crippen molar-refractivity contribution in [3.8, 4) is 17.2 Å². The Morgan fingerprint density at radius 1 is 1.10 bits per heavy atom. The van der Waals surface area contributed by atoms with Crippen molar-refractivity contribution in [3.05, 3.63) is 45.4 Å². The Labute approximate surface area is 131 Å². The number of halogens is 1. The van der Waals surface area contributed by atoms with E-state index in [4.69, 9.17) is 9.47 Å². The Kier molecular flexibility index (Phi) is 3.68. The molecule has 0 atom stereocenters. The molecule has 2 aromatic rings. The van der Waals surface area contributed by atoms with Crippen LogP contribution < -0.4 is 14.8 Å². The lowest BCUT2D eigenvalue weighted by atomic mass is 10.1. The second-order valence-corrected chi connectivity index (χ2v) is 6.02. The molecule has 21 heavy (non-hydrogen) atoms. The Hall–Kier alpha value is -1.88. The first kappa shape index (κ1) is 14.1. The van der Waals surface area contributed by atoms with Gasteiger partial charge in [0.25, 0.3) is 0 Å². The minimum Gasteiger partial charge on any atom is -0.507 e. The van der Waals surface area contributed by atoms with Gasteiger partial charge in [-0.15, -0.1) is 0 Å². The third-order valence-corrected chi connectivity index (χ3v) is 3.98. The number of phenolic OH excluding ortho intramolecular Hbond substituents is 1. The second-order valence-electron chi connectivity index (χ2n) is 5.10. The van der Waals surface area contributed by atoms with E-state index in [-0.39, 0.29) is 12.5 Å². The van der Waals surface area contributed by atoms with E-state index in [1.807, 2.05) is 6.07 Å². The third kappa shape index (κ3) is 2.78. The van der Waals surface area contributed by atoms with Gasteiger partial charge in [0.15, 0.2) is 11.5 Å². The smallest absolute Gasteiger partial charge is 0.231 e. The summed E-state index contributed by atoms with van der Waals surface area (Å²) in [7, 11) is 0. The number of benzene rings is 2. The molecule has 0 aromatic heterocycles. The Balaban J connectivity index is 1.83. The van der Waals surface area contributed by atoms with Crippen LogP contribution in [0.1, 0.15) is 16.7 Å². The van der Waals surface area contributed by atoms with E-state index in [1.165, 1.54) is 0 Å². The average Bonchev–Trinajstić information content (AvgIpc) is 2.84. The molecule has 0 amide bonds. The zero-order chi connectivity index (χ0) is 15.0. The highest BCUT2D eigenvalue weighted by Crippen LogP contribution is 2.38. The van der Waals surface area contributed by atoms with E-state index < -0.39 is 0 Å². The highest BCUT2D eigenvalue weighted by molar-refractivity contribution is 9.10. The number of nitrogens with one attached hydrogen (secondary N) is 1. The monoisotopic (exact) mass is 349 g/mol. The van der Waals surface area contributed by atoms with Crippen LogP contribution in [-0.2, 0) is 6.54 Å². The fourth-order valence-corrected chi connectivity index (χ4v) is 3.17. The van der Waals surface area contributed by atoms with Crippen LogP contribution in [0.5, 0.6) is 17.2 Å². The van der Waals surface area contributed by atoms with Gasteiger partial charge in [0.05, 0.1) is 0 Å². The summed E-state index contributed by atoms with van der Waals surface area (Å²) in [5.74, 6) is 1.47. The predicted octanol–water partition coefficient (Wildman–Crippen LogP) is 4.11. The molecule has 5 heteroatoms. The highest BCUT2D eigenvalue weighted by Gasteiger charge is 2.17. The number of anilines is 1. The number of aryl methyl sites for hydroxylation is 2. The Bertz CT molecular complexity index is 677. The molecule has 0 unspecified atom stereocenters. The minimum atomic E-state index is 0.205. The fourth-order valence-electron chi connectivity index (χ4n) is 2.49. The number of fused-ring (bicyclic) bond motifs is 1. The van der Waals surface area contributed by atoms with E-state index in [1.54, 1.807) is 6.07 Å². The topological polar surface area (TPSA) is 50.7 Å². The molecule has 0 fully saturated rings. The minimum absolute atomic E-state index is 0.205. The summed E-state index contributed by atoms with van der Waals surface area (Å²) in [5, 5.41) is 13.4. The van der Waals surface area contributed by atoms with Crippen molar-refractivity contribution in [1.82, 2.24) is 0 Å². The first-order chi connectivity index (χ1) is 10.0. The van der Waals surface area contributed by atoms with Gasteiger partial charge < -0.3 is 19.9 Å². The molecule has 4 nitrogen and oxygen atoms in total. The lowest BCUT2D eigenvalue weighted by Crippen LogP contribution is -2.03. The molecule has 0 saturated heterocycles. The molecule has 2 aromatic carbocycles. The lowest BCUT2D eigenvalue weighted by Gasteiger charge is -2.14. The molecule has 1 heterocycles. The molecule has 0 saturated carbocycles. The van der Waals surface area contributed by atoms with Gasteiger partial charge in [-0.1, -0.05) is 15.9 Å². The van der Waals surface area contributed by atoms with Crippen LogP contribution in [0.25, 0.3) is 0 Å². The van der Waals surface area contributed by atoms with Gasteiger partial charge >= 0.3 is 0 Å². The molecule has 0 spiro atoms. The first-order valence-electron chi connectivity index (χ1n) is 6.66. The molecule has 0 aliphatic carbocycles. The Morgan fingerprint density at radius 2 is 1.71 bits per heavy atom. The summed E-state index contributed by atoms with van der Waals surface area (Å²) in [6, 6.07) is 7.54. The van der Waals surface area contributed by atoms with Gasteiger partial charge in [-0.2, -0.15) is 0 Å². The third-order valence-electron chi connectivity index (χ3n) is 3.53. The van der Waals surface area contributed by atoms with E-state index in [0.717, 1.165) is 26.9 Å². The zero-order valence-corrected chi connectivity index (χ0v) is 13.5. The van der Waals surface area contributed by atoms with Crippen LogP contribution in [-0.4, -0.2) is 11.9 Å². The first-order valence-corrected chi connectivity index (χ1v) is 7.46. The van der Waals surface area contributed by atoms with Crippen LogP contribution in [0.2, 0.25) is 0 Å². The summed E-state index contributed by atoms with van der Waals surface area (Å²) >= 11 is 3.49. The quantitative estimate of drug-likeness (QED) is 0.875. The van der Waals surface area contributed by atoms with Crippen molar-refractivity contribution in [3.63, 3.8) is 0 Å². The molecule has 1 aliphatic heterocycles. The molecule has 0 bridgehead atoms. The van der Waals surface area contributed by atoms with Crippen LogP contribution >= 0.6 is 15.9 Å². The number of hydrogen-bond acceptors (Lipinski definition) is 4. The van der Waals surface area contributed by atoms with Crippen molar-refractivity contribution in [2.75, 3.05) is 12.1 Å². The highest BCUT2D eigenvalue weighted by atomic mass is 79.9. The van der Waals surface area contributed by atoms with E-state index in [0.29, 0.717) is 18.0 Å². The van der Waals surface area contributed by atoms with Crippen LogP contribution in [0.15, 0.2) is 28.7 Å². The number of hydrogen-bond donors (Lipinski definition) is 2. The van der Waals surface area contributed by atoms with Crippen molar-refractivity contribution < 1.29 is 14.6 Å². The summed E-state index contributed by atoms with van der Waals surface area (Å²) in [6.45, 7) is 4.83. The second kappa shape index (κ2) is 5.48. The van der Waals surface area contributed by atoms with E-state index >= 15 is 0 Å². The normalized spacial score (nSPS) is 12.5. The van der Waals surface area contributed by atoms with Crippen LogP contribution in [0, 0.1) is 13.8 Å². The van der Waals surface area contributed by atoms with Crippen molar-refractivity contribution in [2.45, 2.75) is 20.4 Å². The van der Waals surface area contributed by atoms with Gasteiger partial charge in [-0.25, -0.2) is 0 Å². The van der Waals surface area contributed by atoms with Crippen molar-refractivity contribution in [1.29, 1.82) is 0 Å². The molecule has 2 N–H and O–H groups in total. The average molecular weight is 350 g/mol. The Morgan fingerprint density at radius 3 is 2.38 bits per heavy atom. The van der Waals surface area contributed by atoms with E-state index in [2.05, 4.69) is 47.2 Å². The van der Waals surface area contributed by atoms with Gasteiger partial charge in [0, 0.05) is 28.3 Å². The van der Waals surface area contributed by atoms with Crippen LogP contribution in [0.3, 0.4) is 0 Å². The van der Waals surface area contributed by atoms with Gasteiger partial charge in [-0.05, 0) is 43.2 Å². The molecular formula is C16H16BrNO3. The molecule has 0 radical (unpaired) electrons. The van der Waals surface area contributed by atoms with Crippen molar-refractivity contribution >= 4 is 21.6 Å². The molecule has 1 aliphatic rings. The van der Waals surface area contributed by atoms with E-state index in [9.17, 15) is 5.11 Å². The predicted molar refractivity (Wildman–Crippen MR) is 85.2 cm³/mol. The maximum atomic E-state index is 10.1. The molecular weight excluding hydrogens is 334 g/mol. The number of phenols is 1. The largest absolute Gasteiger partial charge is 0.507 e. The standard InChI is InChI=1S/C16H16BrNO3/c1-9-3-12(17)4-10(2)16(9)18-7-11-5-14-15(6-13(11)19)21-8-20-14/h3-6,18-19H,7-8H2,1-2H3. The fraction of sp³-hybridized carbons (Fsp3) is 0.250. The maximum Gasteiger partial charge on any atom is 0.231 e. The van der Waals surface area contributed by atoms with Crippen molar-refractivity contribution in [2.24, 2.45) is 0 Å². The van der Waals surface area contributed by atoms with Gasteiger partial charge in [0.2, 0.25) is 6.79 Å². The number of rotatable bonds is 3. The maximum absolute atomic E-state index is 10.1. The number of ether oxygens (including phenoxy) is 2. The summed E-state index contributed by atoms with van der Waals surface area (Å²) in [6.07, 6.45) is 0. The van der Waals surface area contributed by atoms with Crippen LogP contribution in [0.4, 0.5) is 5.69 Å². The SMILES string of the molecule is Cc1cc(Br)cc(C)c1NCc1cc2c(cc1O)OCO2.